The fourth-order valence-electron chi connectivity index (χ4n) is 3.32. The van der Waals surface area contributed by atoms with Gasteiger partial charge in [-0.2, -0.15) is 6.07 Å². The third-order valence-corrected chi connectivity index (χ3v) is 4.40. The van der Waals surface area contributed by atoms with E-state index in [9.17, 15) is 0 Å². The number of aryl methyl sites for hydroxylation is 1. The van der Waals surface area contributed by atoms with E-state index in [1.807, 2.05) is 0 Å². The quantitative estimate of drug-likeness (QED) is 0.382. The van der Waals surface area contributed by atoms with Crippen molar-refractivity contribution < 1.29 is 26.2 Å². The molecule has 27 heavy (non-hydrogen) atoms. The van der Waals surface area contributed by atoms with Crippen LogP contribution < -0.4 is 0 Å². The second-order valence-electron chi connectivity index (χ2n) is 6.16. The number of hydrogen-bond donors (Lipinski definition) is 0. The van der Waals surface area contributed by atoms with Gasteiger partial charge in [0.05, 0.1) is 0 Å². The first-order valence-electron chi connectivity index (χ1n) is 8.95. The molecule has 0 N–H and O–H groups in total. The van der Waals surface area contributed by atoms with Crippen molar-refractivity contribution >= 4 is 16.8 Å². The molecule has 0 aromatic heterocycles. The van der Waals surface area contributed by atoms with Gasteiger partial charge in [0.1, 0.15) is 0 Å². The van der Waals surface area contributed by atoms with Crippen LogP contribution in [0.1, 0.15) is 29.0 Å². The molecule has 0 saturated heterocycles. The predicted molar refractivity (Wildman–Crippen MR) is 117 cm³/mol. The molecule has 1 unspecified atom stereocenters. The molecule has 135 valence electrons. The number of allylic oxidation sites excluding steroid dienone is 3. The zero-order valence-electron chi connectivity index (χ0n) is 15.9. The Balaban J connectivity index is 0.000000466. The van der Waals surface area contributed by atoms with E-state index >= 15 is 0 Å². The third kappa shape index (κ3) is 6.22. The van der Waals surface area contributed by atoms with Crippen LogP contribution >= 0.6 is 0 Å². The zero-order valence-corrected chi connectivity index (χ0v) is 18.4. The number of fused-ring (bicyclic) bond motifs is 2. The molecule has 1 aliphatic carbocycles. The molecular weight excluding hydrogens is 404 g/mol. The van der Waals surface area contributed by atoms with E-state index in [0.29, 0.717) is 5.92 Å². The topological polar surface area (TPSA) is 0 Å². The first-order chi connectivity index (χ1) is 12.7. The second kappa shape index (κ2) is 12.3. The Morgan fingerprint density at radius 1 is 0.926 bits per heavy atom. The van der Waals surface area contributed by atoms with Crippen LogP contribution in [0, 0.1) is 13.8 Å². The summed E-state index contributed by atoms with van der Waals surface area (Å²) in [5, 5.41) is 2.78. The minimum atomic E-state index is 0. The van der Waals surface area contributed by atoms with Gasteiger partial charge in [0.15, 0.2) is 0 Å². The van der Waals surface area contributed by atoms with Crippen molar-refractivity contribution in [3.63, 3.8) is 0 Å². The maximum atomic E-state index is 3.25. The molecule has 0 bridgehead atoms. The molecule has 0 fully saturated rings. The van der Waals surface area contributed by atoms with Gasteiger partial charge in [-0.1, -0.05) is 48.9 Å². The summed E-state index contributed by atoms with van der Waals surface area (Å²) in [5.41, 5.74) is 4.37. The molecule has 0 amide bonds. The van der Waals surface area contributed by atoms with Gasteiger partial charge in [0.2, 0.25) is 0 Å². The maximum absolute atomic E-state index is 3.25. The average Bonchev–Trinajstić information content (AvgIpc) is 3.25. The summed E-state index contributed by atoms with van der Waals surface area (Å²) in [4.78, 5) is 0. The van der Waals surface area contributed by atoms with Gasteiger partial charge in [-0.15, -0.1) is 40.6 Å². The number of rotatable bonds is 3. The minimum Gasteiger partial charge on any atom is -0.245 e. The Labute approximate surface area is 183 Å². The van der Waals surface area contributed by atoms with Gasteiger partial charge in [-0.3, -0.25) is 0 Å². The van der Waals surface area contributed by atoms with E-state index in [2.05, 4.69) is 99.8 Å². The van der Waals surface area contributed by atoms with Crippen molar-refractivity contribution in [2.75, 3.05) is 0 Å². The van der Waals surface area contributed by atoms with Crippen LogP contribution in [0.5, 0.6) is 0 Å². The molecule has 0 saturated carbocycles. The molecule has 0 nitrogen and oxygen atoms in total. The van der Waals surface area contributed by atoms with Crippen molar-refractivity contribution in [3.05, 3.63) is 123 Å². The van der Waals surface area contributed by atoms with E-state index in [1.165, 1.54) is 46.0 Å². The van der Waals surface area contributed by atoms with Crippen LogP contribution in [0.25, 0.3) is 16.8 Å². The van der Waals surface area contributed by atoms with E-state index in [1.54, 1.807) is 0 Å². The van der Waals surface area contributed by atoms with Crippen LogP contribution in [0.2, 0.25) is 0 Å². The van der Waals surface area contributed by atoms with Crippen molar-refractivity contribution in [2.24, 2.45) is 0 Å². The fourth-order valence-corrected chi connectivity index (χ4v) is 3.32. The first-order valence-corrected chi connectivity index (χ1v) is 8.95. The van der Waals surface area contributed by atoms with Gasteiger partial charge in [0.25, 0.3) is 0 Å². The normalized spacial score (nSPS) is 13.3. The van der Waals surface area contributed by atoms with Gasteiger partial charge in [-0.05, 0) is 17.5 Å². The van der Waals surface area contributed by atoms with Gasteiger partial charge in [0, 0.05) is 5.92 Å². The molecule has 0 heterocycles. The van der Waals surface area contributed by atoms with Gasteiger partial charge < -0.3 is 0 Å². The summed E-state index contributed by atoms with van der Waals surface area (Å²) in [5.74, 6) is 0.583. The first kappa shape index (κ1) is 22.9. The maximum Gasteiger partial charge on any atom is 3.00 e. The molecule has 3 aromatic carbocycles. The summed E-state index contributed by atoms with van der Waals surface area (Å²) in [6.45, 7) is 13.0. The Morgan fingerprint density at radius 2 is 1.56 bits per heavy atom. The van der Waals surface area contributed by atoms with Gasteiger partial charge >= 0.3 is 26.2 Å². The Morgan fingerprint density at radius 3 is 2.30 bits per heavy atom. The summed E-state index contributed by atoms with van der Waals surface area (Å²) < 4.78 is 0. The van der Waals surface area contributed by atoms with Crippen LogP contribution in [0.4, 0.5) is 0 Å². The summed E-state index contributed by atoms with van der Waals surface area (Å²) >= 11 is 0. The van der Waals surface area contributed by atoms with E-state index in [-0.39, 0.29) is 26.2 Å². The smallest absolute Gasteiger partial charge is 0.245 e. The molecule has 0 spiro atoms. The van der Waals surface area contributed by atoms with Crippen LogP contribution in [-0.4, -0.2) is 0 Å². The number of hydrogen-bond acceptors (Lipinski definition) is 0. The molecule has 1 radical (unpaired) electrons. The van der Waals surface area contributed by atoms with Crippen LogP contribution in [-0.2, 0) is 32.6 Å². The Kier molecular flexibility index (Phi) is 10.5. The minimum absolute atomic E-state index is 0. The molecule has 4 rings (SSSR count). The second-order valence-corrected chi connectivity index (χ2v) is 6.16. The Bertz CT molecular complexity index is 861. The third-order valence-electron chi connectivity index (χ3n) is 4.40. The molecule has 1 atom stereocenters. The van der Waals surface area contributed by atoms with E-state index in [4.69, 9.17) is 0 Å². The Hall–Kier alpha value is -2.11. The summed E-state index contributed by atoms with van der Waals surface area (Å²) in [6.07, 6.45) is 9.97. The molecule has 0 aliphatic heterocycles. The average molecular weight is 431 g/mol. The molecular formula is C26H27Zr. The molecule has 1 aliphatic rings. The van der Waals surface area contributed by atoms with Crippen LogP contribution in [0.3, 0.4) is 0 Å². The van der Waals surface area contributed by atoms with Crippen molar-refractivity contribution in [2.45, 2.75) is 18.8 Å². The van der Waals surface area contributed by atoms with E-state index < -0.39 is 0 Å². The largest absolute Gasteiger partial charge is 3.00 e. The SMILES string of the molecule is C1=CC(CC[c-]2ccc3ccccc32)c2ccccc21.C=C[CH2-].C=C[CH2-].[Zr+3]. The molecule has 1 heteroatoms. The van der Waals surface area contributed by atoms with E-state index in [0.717, 1.165) is 6.42 Å². The zero-order chi connectivity index (χ0) is 18.8. The fraction of sp³-hybridized carbons (Fsp3) is 0.115. The van der Waals surface area contributed by atoms with Crippen molar-refractivity contribution in [3.8, 4) is 0 Å². The monoisotopic (exact) mass is 429 g/mol. The standard InChI is InChI=1S/C20H17.2C3H5.Zr/c1-3-7-19-15(5-1)9-11-17(19)13-14-18-12-10-16-6-2-4-8-20(16)18;2*1-3-2;/h1-12,17H,13-14H2;2*3H,1-2H2;/q3*-1;+3. The van der Waals surface area contributed by atoms with Crippen LogP contribution in [0.15, 0.2) is 92.0 Å². The van der Waals surface area contributed by atoms with Crippen molar-refractivity contribution in [1.29, 1.82) is 0 Å². The summed E-state index contributed by atoms with van der Waals surface area (Å²) in [6, 6.07) is 22.0. The molecule has 3 aromatic rings. The van der Waals surface area contributed by atoms with Crippen molar-refractivity contribution in [1.82, 2.24) is 0 Å². The van der Waals surface area contributed by atoms with Gasteiger partial charge in [-0.25, -0.2) is 39.2 Å². The predicted octanol–water partition coefficient (Wildman–Crippen LogP) is 7.31. The summed E-state index contributed by atoms with van der Waals surface area (Å²) in [7, 11) is 0. The number of benzene rings is 2.